The Morgan fingerprint density at radius 3 is 2.89 bits per heavy atom. The number of carbonyl (C=O) groups is 1. The maximum Gasteiger partial charge on any atom is 0.337 e. The van der Waals surface area contributed by atoms with E-state index in [4.69, 9.17) is 4.74 Å². The SMILES string of the molecule is C=C(C)CCC1Oc2ccc(C(=O)OC)cc2C1O. The summed E-state index contributed by atoms with van der Waals surface area (Å²) in [7, 11) is 1.33. The molecule has 19 heavy (non-hydrogen) atoms. The van der Waals surface area contributed by atoms with E-state index in [9.17, 15) is 9.90 Å². The van der Waals surface area contributed by atoms with E-state index < -0.39 is 12.1 Å². The highest BCUT2D eigenvalue weighted by atomic mass is 16.5. The summed E-state index contributed by atoms with van der Waals surface area (Å²) in [5.74, 6) is 0.215. The van der Waals surface area contributed by atoms with E-state index in [1.165, 1.54) is 7.11 Å². The number of aliphatic hydroxyl groups is 1. The molecule has 0 spiro atoms. The molecule has 1 N–H and O–H groups in total. The molecular weight excluding hydrogens is 244 g/mol. The Balaban J connectivity index is 2.16. The second-order valence-electron chi connectivity index (χ2n) is 4.84. The van der Waals surface area contributed by atoms with Gasteiger partial charge in [0.2, 0.25) is 0 Å². The van der Waals surface area contributed by atoms with Crippen LogP contribution in [0.5, 0.6) is 5.75 Å². The first-order valence-corrected chi connectivity index (χ1v) is 6.24. The fraction of sp³-hybridized carbons (Fsp3) is 0.400. The fourth-order valence-electron chi connectivity index (χ4n) is 2.16. The molecule has 0 aliphatic carbocycles. The second kappa shape index (κ2) is 5.45. The maximum atomic E-state index is 11.5. The number of esters is 1. The van der Waals surface area contributed by atoms with Gasteiger partial charge in [0.25, 0.3) is 0 Å². The van der Waals surface area contributed by atoms with Crippen LogP contribution in [0.2, 0.25) is 0 Å². The topological polar surface area (TPSA) is 55.8 Å². The lowest BCUT2D eigenvalue weighted by atomic mass is 10.00. The summed E-state index contributed by atoms with van der Waals surface area (Å²) in [5, 5.41) is 10.2. The Bertz CT molecular complexity index is 507. The number of fused-ring (bicyclic) bond motifs is 1. The van der Waals surface area contributed by atoms with Crippen LogP contribution in [0.15, 0.2) is 30.4 Å². The van der Waals surface area contributed by atoms with Crippen LogP contribution in [-0.4, -0.2) is 24.3 Å². The molecule has 0 saturated carbocycles. The van der Waals surface area contributed by atoms with Gasteiger partial charge in [-0.3, -0.25) is 0 Å². The van der Waals surface area contributed by atoms with Gasteiger partial charge in [0.1, 0.15) is 18.0 Å². The largest absolute Gasteiger partial charge is 0.487 e. The molecule has 102 valence electrons. The Kier molecular flexibility index (Phi) is 3.90. The van der Waals surface area contributed by atoms with E-state index in [-0.39, 0.29) is 6.10 Å². The number of rotatable bonds is 4. The molecule has 1 aliphatic heterocycles. The zero-order chi connectivity index (χ0) is 14.0. The third-order valence-corrected chi connectivity index (χ3v) is 3.24. The molecule has 0 radical (unpaired) electrons. The lowest BCUT2D eigenvalue weighted by Crippen LogP contribution is -2.18. The predicted octanol–water partition coefficient (Wildman–Crippen LogP) is 2.62. The monoisotopic (exact) mass is 262 g/mol. The summed E-state index contributed by atoms with van der Waals surface area (Å²) in [6, 6.07) is 4.97. The van der Waals surface area contributed by atoms with Crippen molar-refractivity contribution in [2.45, 2.75) is 32.0 Å². The third kappa shape index (κ3) is 2.79. The number of methoxy groups -OCH3 is 1. The highest BCUT2D eigenvalue weighted by Crippen LogP contribution is 2.39. The molecule has 2 atom stereocenters. The molecule has 4 heteroatoms. The predicted molar refractivity (Wildman–Crippen MR) is 71.2 cm³/mol. The standard InChI is InChI=1S/C15H18O4/c1-9(2)4-6-13-14(16)11-8-10(15(17)18-3)5-7-12(11)19-13/h5,7-8,13-14,16H,1,4,6H2,2-3H3. The smallest absolute Gasteiger partial charge is 0.337 e. The Morgan fingerprint density at radius 2 is 2.26 bits per heavy atom. The molecule has 0 amide bonds. The molecule has 0 saturated heterocycles. The van der Waals surface area contributed by atoms with Crippen molar-refractivity contribution in [3.63, 3.8) is 0 Å². The van der Waals surface area contributed by atoms with Crippen molar-refractivity contribution in [1.82, 2.24) is 0 Å². The lowest BCUT2D eigenvalue weighted by molar-refractivity contribution is 0.0597. The van der Waals surface area contributed by atoms with E-state index in [2.05, 4.69) is 11.3 Å². The molecule has 1 aromatic carbocycles. The fourth-order valence-corrected chi connectivity index (χ4v) is 2.16. The number of hydrogen-bond donors (Lipinski definition) is 1. The minimum Gasteiger partial charge on any atom is -0.487 e. The second-order valence-corrected chi connectivity index (χ2v) is 4.84. The summed E-state index contributed by atoms with van der Waals surface area (Å²) < 4.78 is 10.4. The average Bonchev–Trinajstić information content (AvgIpc) is 2.72. The van der Waals surface area contributed by atoms with Crippen molar-refractivity contribution in [3.05, 3.63) is 41.5 Å². The number of ether oxygens (including phenoxy) is 2. The van der Waals surface area contributed by atoms with Gasteiger partial charge in [-0.2, -0.15) is 0 Å². The molecule has 1 heterocycles. The van der Waals surface area contributed by atoms with Gasteiger partial charge in [0, 0.05) is 5.56 Å². The summed E-state index contributed by atoms with van der Waals surface area (Å²) in [6.45, 7) is 5.79. The van der Waals surface area contributed by atoms with Crippen LogP contribution in [0.3, 0.4) is 0 Å². The van der Waals surface area contributed by atoms with Crippen molar-refractivity contribution in [3.8, 4) is 5.75 Å². The summed E-state index contributed by atoms with van der Waals surface area (Å²) in [6.07, 6.45) is 0.525. The molecular formula is C15H18O4. The minimum atomic E-state index is -0.709. The molecule has 0 fully saturated rings. The van der Waals surface area contributed by atoms with E-state index in [1.54, 1.807) is 18.2 Å². The molecule has 2 unspecified atom stereocenters. The van der Waals surface area contributed by atoms with Gasteiger partial charge < -0.3 is 14.6 Å². The average molecular weight is 262 g/mol. The number of allylic oxidation sites excluding steroid dienone is 1. The highest BCUT2D eigenvalue weighted by molar-refractivity contribution is 5.89. The highest BCUT2D eigenvalue weighted by Gasteiger charge is 2.33. The van der Waals surface area contributed by atoms with Gasteiger partial charge >= 0.3 is 5.97 Å². The number of hydrogen-bond acceptors (Lipinski definition) is 4. The van der Waals surface area contributed by atoms with Crippen LogP contribution < -0.4 is 4.74 Å². The number of benzene rings is 1. The van der Waals surface area contributed by atoms with Crippen molar-refractivity contribution < 1.29 is 19.4 Å². The first kappa shape index (κ1) is 13.6. The summed E-state index contributed by atoms with van der Waals surface area (Å²) in [4.78, 5) is 11.5. The van der Waals surface area contributed by atoms with Crippen molar-refractivity contribution in [2.24, 2.45) is 0 Å². The first-order chi connectivity index (χ1) is 9.02. The van der Waals surface area contributed by atoms with Crippen LogP contribution in [0.1, 0.15) is 41.8 Å². The van der Waals surface area contributed by atoms with Crippen LogP contribution in [0.4, 0.5) is 0 Å². The molecule has 1 aliphatic rings. The van der Waals surface area contributed by atoms with E-state index in [0.29, 0.717) is 23.3 Å². The first-order valence-electron chi connectivity index (χ1n) is 6.24. The lowest BCUT2D eigenvalue weighted by Gasteiger charge is -2.14. The van der Waals surface area contributed by atoms with Gasteiger partial charge in [-0.1, -0.05) is 5.57 Å². The van der Waals surface area contributed by atoms with Crippen molar-refractivity contribution in [2.75, 3.05) is 7.11 Å². The molecule has 1 aromatic rings. The molecule has 2 rings (SSSR count). The van der Waals surface area contributed by atoms with Gasteiger partial charge in [-0.05, 0) is 38.0 Å². The summed E-state index contributed by atoms with van der Waals surface area (Å²) >= 11 is 0. The summed E-state index contributed by atoms with van der Waals surface area (Å²) in [5.41, 5.74) is 2.13. The van der Waals surface area contributed by atoms with Crippen LogP contribution in [0, 0.1) is 0 Å². The van der Waals surface area contributed by atoms with Crippen molar-refractivity contribution in [1.29, 1.82) is 0 Å². The number of aliphatic hydroxyl groups excluding tert-OH is 1. The quantitative estimate of drug-likeness (QED) is 0.669. The molecule has 4 nitrogen and oxygen atoms in total. The van der Waals surface area contributed by atoms with E-state index >= 15 is 0 Å². The van der Waals surface area contributed by atoms with Gasteiger partial charge in [0.05, 0.1) is 12.7 Å². The normalized spacial score (nSPS) is 20.6. The van der Waals surface area contributed by atoms with E-state index in [1.807, 2.05) is 6.92 Å². The zero-order valence-electron chi connectivity index (χ0n) is 11.2. The Morgan fingerprint density at radius 1 is 1.53 bits per heavy atom. The van der Waals surface area contributed by atoms with Crippen molar-refractivity contribution >= 4 is 5.97 Å². The van der Waals surface area contributed by atoms with Crippen LogP contribution >= 0.6 is 0 Å². The third-order valence-electron chi connectivity index (χ3n) is 3.24. The zero-order valence-corrected chi connectivity index (χ0v) is 11.2. The van der Waals surface area contributed by atoms with Gasteiger partial charge in [0.15, 0.2) is 0 Å². The van der Waals surface area contributed by atoms with Crippen LogP contribution in [-0.2, 0) is 4.74 Å². The molecule has 0 aromatic heterocycles. The molecule has 0 bridgehead atoms. The Hall–Kier alpha value is -1.81. The number of carbonyl (C=O) groups excluding carboxylic acids is 1. The minimum absolute atomic E-state index is 0.278. The van der Waals surface area contributed by atoms with E-state index in [0.717, 1.165) is 12.0 Å². The van der Waals surface area contributed by atoms with Gasteiger partial charge in [-0.15, -0.1) is 6.58 Å². The van der Waals surface area contributed by atoms with Gasteiger partial charge in [-0.25, -0.2) is 4.79 Å². The maximum absolute atomic E-state index is 11.5. The Labute approximate surface area is 112 Å². The van der Waals surface area contributed by atoms with Crippen LogP contribution in [0.25, 0.3) is 0 Å².